The Morgan fingerprint density at radius 1 is 1.27 bits per heavy atom. The van der Waals surface area contributed by atoms with E-state index in [0.29, 0.717) is 6.04 Å². The number of aliphatic imine (C=N–C) groups is 1. The number of nitrogens with one attached hydrogen (secondary N) is 2. The Hall–Kier alpha value is -0.540. The molecule has 0 saturated carbocycles. The van der Waals surface area contributed by atoms with E-state index < -0.39 is 0 Å². The average Bonchev–Trinajstić information content (AvgIpc) is 2.62. The maximum atomic E-state index is 13.0. The molecule has 2 rings (SSSR count). The number of likely N-dealkylation sites (tertiary alicyclic amines) is 1. The van der Waals surface area contributed by atoms with Crippen molar-refractivity contribution >= 4 is 41.7 Å². The number of thioether (sulfide) groups is 1. The summed E-state index contributed by atoms with van der Waals surface area (Å²) in [7, 11) is 0. The van der Waals surface area contributed by atoms with Crippen molar-refractivity contribution in [2.24, 2.45) is 4.99 Å². The molecule has 0 radical (unpaired) electrons. The van der Waals surface area contributed by atoms with Crippen LogP contribution in [0.3, 0.4) is 0 Å². The predicted octanol–water partition coefficient (Wildman–Crippen LogP) is 3.72. The van der Waals surface area contributed by atoms with Crippen molar-refractivity contribution in [3.8, 4) is 0 Å². The molecule has 1 heterocycles. The molecule has 1 fully saturated rings. The molecule has 0 bridgehead atoms. The number of nitrogens with zero attached hydrogens (tertiary/aromatic N) is 2. The lowest BCUT2D eigenvalue weighted by molar-refractivity contribution is 0.198. The molecule has 1 aliphatic heterocycles. The molecule has 26 heavy (non-hydrogen) atoms. The third-order valence-electron chi connectivity index (χ3n) is 4.37. The second kappa shape index (κ2) is 13.6. The Kier molecular flexibility index (Phi) is 12.3. The van der Waals surface area contributed by atoms with Crippen molar-refractivity contribution in [3.05, 3.63) is 35.6 Å². The molecule has 4 nitrogen and oxygen atoms in total. The van der Waals surface area contributed by atoms with E-state index >= 15 is 0 Å². The highest BCUT2D eigenvalue weighted by atomic mass is 127. The molecule has 0 atom stereocenters. The first-order valence-corrected chi connectivity index (χ1v) is 10.6. The lowest BCUT2D eigenvalue weighted by atomic mass is 10.0. The van der Waals surface area contributed by atoms with Gasteiger partial charge < -0.3 is 10.6 Å². The fraction of sp³-hybridized carbons (Fsp3) is 0.632. The molecule has 148 valence electrons. The number of rotatable bonds is 8. The summed E-state index contributed by atoms with van der Waals surface area (Å²) in [4.78, 5) is 7.11. The van der Waals surface area contributed by atoms with Gasteiger partial charge in [-0.05, 0) is 55.9 Å². The van der Waals surface area contributed by atoms with Gasteiger partial charge in [-0.25, -0.2) is 4.39 Å². The second-order valence-corrected chi connectivity index (χ2v) is 7.41. The van der Waals surface area contributed by atoms with Crippen LogP contribution in [0.1, 0.15) is 31.7 Å². The van der Waals surface area contributed by atoms with E-state index in [4.69, 9.17) is 0 Å². The largest absolute Gasteiger partial charge is 0.357 e. The number of piperidine rings is 1. The van der Waals surface area contributed by atoms with Crippen molar-refractivity contribution in [2.45, 2.75) is 38.8 Å². The van der Waals surface area contributed by atoms with Crippen LogP contribution < -0.4 is 10.6 Å². The number of benzene rings is 1. The standard InChI is InChI=1S/C19H31FN4S.HI/c1-3-21-19(22-11-4-14-25-2)23-18-9-12-24(13-10-18)15-16-5-7-17(20)8-6-16;/h5-8,18H,3-4,9-15H2,1-2H3,(H2,21,22,23);1H. The number of hydrogen-bond donors (Lipinski definition) is 2. The molecule has 1 aromatic rings. The highest BCUT2D eigenvalue weighted by Crippen LogP contribution is 2.14. The zero-order valence-corrected chi connectivity index (χ0v) is 19.0. The minimum Gasteiger partial charge on any atom is -0.357 e. The van der Waals surface area contributed by atoms with Crippen molar-refractivity contribution < 1.29 is 4.39 Å². The molecular formula is C19H32FIN4S. The Balaban J connectivity index is 0.00000338. The summed E-state index contributed by atoms with van der Waals surface area (Å²) in [6.45, 7) is 6.87. The van der Waals surface area contributed by atoms with Gasteiger partial charge in [0, 0.05) is 38.8 Å². The molecule has 0 aliphatic carbocycles. The quantitative estimate of drug-likeness (QED) is 0.250. The highest BCUT2D eigenvalue weighted by Gasteiger charge is 2.20. The molecule has 0 amide bonds. The minimum absolute atomic E-state index is 0. The van der Waals surface area contributed by atoms with E-state index in [9.17, 15) is 4.39 Å². The van der Waals surface area contributed by atoms with Crippen LogP contribution in [-0.4, -0.2) is 55.1 Å². The molecule has 0 unspecified atom stereocenters. The van der Waals surface area contributed by atoms with E-state index in [-0.39, 0.29) is 29.8 Å². The zero-order chi connectivity index (χ0) is 17.9. The maximum Gasteiger partial charge on any atom is 0.191 e. The topological polar surface area (TPSA) is 39.7 Å². The van der Waals surface area contributed by atoms with Gasteiger partial charge in [0.25, 0.3) is 0 Å². The zero-order valence-electron chi connectivity index (χ0n) is 15.8. The van der Waals surface area contributed by atoms with E-state index in [1.54, 1.807) is 12.1 Å². The van der Waals surface area contributed by atoms with Crippen molar-refractivity contribution in [1.29, 1.82) is 0 Å². The molecule has 7 heteroatoms. The third-order valence-corrected chi connectivity index (χ3v) is 5.07. The number of halogens is 2. The Morgan fingerprint density at radius 2 is 1.96 bits per heavy atom. The first-order valence-electron chi connectivity index (χ1n) is 9.22. The van der Waals surface area contributed by atoms with Gasteiger partial charge in [0.1, 0.15) is 5.82 Å². The van der Waals surface area contributed by atoms with Crippen LogP contribution in [0.5, 0.6) is 0 Å². The van der Waals surface area contributed by atoms with Gasteiger partial charge in [0.2, 0.25) is 0 Å². The number of guanidine groups is 1. The normalized spacial score (nSPS) is 16.2. The van der Waals surface area contributed by atoms with Gasteiger partial charge in [-0.2, -0.15) is 11.8 Å². The second-order valence-electron chi connectivity index (χ2n) is 6.43. The van der Waals surface area contributed by atoms with Gasteiger partial charge in [-0.15, -0.1) is 24.0 Å². The predicted molar refractivity (Wildman–Crippen MR) is 122 cm³/mol. The molecule has 1 saturated heterocycles. The molecule has 2 N–H and O–H groups in total. The fourth-order valence-corrected chi connectivity index (χ4v) is 3.41. The smallest absolute Gasteiger partial charge is 0.191 e. The molecular weight excluding hydrogens is 462 g/mol. The monoisotopic (exact) mass is 494 g/mol. The van der Waals surface area contributed by atoms with E-state index in [1.807, 2.05) is 23.9 Å². The average molecular weight is 494 g/mol. The molecule has 1 aromatic carbocycles. The Morgan fingerprint density at radius 3 is 2.58 bits per heavy atom. The van der Waals surface area contributed by atoms with Crippen LogP contribution in [0.2, 0.25) is 0 Å². The van der Waals surface area contributed by atoms with Crippen LogP contribution in [0.15, 0.2) is 29.3 Å². The summed E-state index contributed by atoms with van der Waals surface area (Å²) in [5.74, 6) is 1.94. The summed E-state index contributed by atoms with van der Waals surface area (Å²) in [6.07, 6.45) is 5.47. The van der Waals surface area contributed by atoms with Crippen molar-refractivity contribution in [3.63, 3.8) is 0 Å². The fourth-order valence-electron chi connectivity index (χ4n) is 3.00. The summed E-state index contributed by atoms with van der Waals surface area (Å²) in [5.41, 5.74) is 1.18. The van der Waals surface area contributed by atoms with Crippen molar-refractivity contribution in [2.75, 3.05) is 38.2 Å². The molecule has 0 spiro atoms. The molecule has 1 aliphatic rings. The lowest BCUT2D eigenvalue weighted by Gasteiger charge is -2.33. The minimum atomic E-state index is -0.167. The number of hydrogen-bond acceptors (Lipinski definition) is 3. The summed E-state index contributed by atoms with van der Waals surface area (Å²) < 4.78 is 13.0. The van der Waals surface area contributed by atoms with Crippen LogP contribution in [0.25, 0.3) is 0 Å². The highest BCUT2D eigenvalue weighted by molar-refractivity contribution is 14.0. The van der Waals surface area contributed by atoms with Gasteiger partial charge in [0.05, 0.1) is 0 Å². The summed E-state index contributed by atoms with van der Waals surface area (Å²) in [5, 5.41) is 6.93. The van der Waals surface area contributed by atoms with E-state index in [0.717, 1.165) is 63.7 Å². The van der Waals surface area contributed by atoms with Crippen LogP contribution >= 0.6 is 35.7 Å². The van der Waals surface area contributed by atoms with Crippen LogP contribution in [-0.2, 0) is 6.54 Å². The first-order chi connectivity index (χ1) is 12.2. The van der Waals surface area contributed by atoms with E-state index in [1.165, 1.54) is 5.56 Å². The first kappa shape index (κ1) is 23.5. The third kappa shape index (κ3) is 8.90. The van der Waals surface area contributed by atoms with Gasteiger partial charge in [-0.1, -0.05) is 12.1 Å². The lowest BCUT2D eigenvalue weighted by Crippen LogP contribution is -2.48. The van der Waals surface area contributed by atoms with Crippen LogP contribution in [0, 0.1) is 5.82 Å². The van der Waals surface area contributed by atoms with Crippen LogP contribution in [0.4, 0.5) is 4.39 Å². The Bertz CT molecular complexity index is 519. The Labute approximate surface area is 178 Å². The molecule has 0 aromatic heterocycles. The van der Waals surface area contributed by atoms with Gasteiger partial charge in [-0.3, -0.25) is 9.89 Å². The van der Waals surface area contributed by atoms with Crippen molar-refractivity contribution in [1.82, 2.24) is 15.5 Å². The van der Waals surface area contributed by atoms with Gasteiger partial charge in [0.15, 0.2) is 5.96 Å². The maximum absolute atomic E-state index is 13.0. The summed E-state index contributed by atoms with van der Waals surface area (Å²) in [6, 6.07) is 7.32. The van der Waals surface area contributed by atoms with E-state index in [2.05, 4.69) is 33.7 Å². The van der Waals surface area contributed by atoms with Gasteiger partial charge >= 0.3 is 0 Å². The summed E-state index contributed by atoms with van der Waals surface area (Å²) >= 11 is 1.87. The SMILES string of the molecule is CCNC(=NCCCSC)NC1CCN(Cc2ccc(F)cc2)CC1.I.